The molecule has 0 bridgehead atoms. The van der Waals surface area contributed by atoms with Crippen molar-refractivity contribution in [2.45, 2.75) is 45.8 Å². The quantitative estimate of drug-likeness (QED) is 0.877. The maximum Gasteiger partial charge on any atom is 0.407 e. The lowest BCUT2D eigenvalue weighted by Crippen LogP contribution is -2.42. The molecule has 21 heavy (non-hydrogen) atoms. The minimum atomic E-state index is -0.480. The zero-order valence-corrected chi connectivity index (χ0v) is 14.2. The number of hydrogen-bond acceptors (Lipinski definition) is 3. The van der Waals surface area contributed by atoms with Gasteiger partial charge in [-0.15, -0.1) is 0 Å². The van der Waals surface area contributed by atoms with Crippen LogP contribution < -0.4 is 10.6 Å². The largest absolute Gasteiger partial charge is 0.444 e. The van der Waals surface area contributed by atoms with Crippen molar-refractivity contribution in [2.24, 2.45) is 0 Å². The van der Waals surface area contributed by atoms with E-state index in [1.54, 1.807) is 0 Å². The summed E-state index contributed by atoms with van der Waals surface area (Å²) in [4.78, 5) is 11.7. The molecule has 0 aliphatic heterocycles. The summed E-state index contributed by atoms with van der Waals surface area (Å²) >= 11 is 6.03. The highest BCUT2D eigenvalue weighted by molar-refractivity contribution is 6.31. The van der Waals surface area contributed by atoms with E-state index in [4.69, 9.17) is 16.3 Å². The molecule has 0 aliphatic rings. The van der Waals surface area contributed by atoms with Crippen LogP contribution in [0.3, 0.4) is 0 Å². The summed E-state index contributed by atoms with van der Waals surface area (Å²) in [6.45, 7) is 8.03. The lowest BCUT2D eigenvalue weighted by atomic mass is 10.0. The second kappa shape index (κ2) is 7.66. The normalized spacial score (nSPS) is 12.9. The smallest absolute Gasteiger partial charge is 0.407 e. The zero-order chi connectivity index (χ0) is 16.0. The van der Waals surface area contributed by atoms with E-state index in [1.165, 1.54) is 5.56 Å². The van der Waals surface area contributed by atoms with Crippen LogP contribution in [0, 0.1) is 6.92 Å². The van der Waals surface area contributed by atoms with Gasteiger partial charge in [-0.2, -0.15) is 0 Å². The molecule has 0 spiro atoms. The Morgan fingerprint density at radius 1 is 1.38 bits per heavy atom. The van der Waals surface area contributed by atoms with E-state index in [-0.39, 0.29) is 6.04 Å². The monoisotopic (exact) mass is 312 g/mol. The third kappa shape index (κ3) is 6.82. The van der Waals surface area contributed by atoms with Crippen molar-refractivity contribution in [2.75, 3.05) is 13.6 Å². The van der Waals surface area contributed by atoms with Crippen molar-refractivity contribution in [1.29, 1.82) is 0 Å². The van der Waals surface area contributed by atoms with Gasteiger partial charge in [0.15, 0.2) is 0 Å². The highest BCUT2D eigenvalue weighted by Gasteiger charge is 2.17. The van der Waals surface area contributed by atoms with Crippen molar-refractivity contribution in [1.82, 2.24) is 10.6 Å². The first-order chi connectivity index (χ1) is 9.71. The van der Waals surface area contributed by atoms with E-state index >= 15 is 0 Å². The Hall–Kier alpha value is -1.26. The van der Waals surface area contributed by atoms with Crippen LogP contribution in [0.2, 0.25) is 5.02 Å². The number of aryl methyl sites for hydroxylation is 1. The molecule has 0 saturated carbocycles. The Morgan fingerprint density at radius 3 is 2.57 bits per heavy atom. The van der Waals surface area contributed by atoms with Crippen molar-refractivity contribution < 1.29 is 9.53 Å². The number of alkyl carbamates (subject to hydrolysis) is 1. The van der Waals surface area contributed by atoms with Crippen LogP contribution in [0.1, 0.15) is 31.9 Å². The first-order valence-electron chi connectivity index (χ1n) is 7.10. The molecule has 1 aromatic carbocycles. The number of rotatable bonds is 5. The fraction of sp³-hybridized carbons (Fsp3) is 0.562. The van der Waals surface area contributed by atoms with Crippen molar-refractivity contribution in [3.63, 3.8) is 0 Å². The highest BCUT2D eigenvalue weighted by Crippen LogP contribution is 2.17. The summed E-state index contributed by atoms with van der Waals surface area (Å²) in [6, 6.07) is 6.12. The van der Waals surface area contributed by atoms with Gasteiger partial charge in [-0.25, -0.2) is 4.79 Å². The fourth-order valence-corrected chi connectivity index (χ4v) is 2.03. The van der Waals surface area contributed by atoms with Gasteiger partial charge >= 0.3 is 6.09 Å². The molecule has 0 radical (unpaired) electrons. The molecule has 0 aliphatic carbocycles. The molecule has 5 heteroatoms. The summed E-state index contributed by atoms with van der Waals surface area (Å²) < 4.78 is 5.22. The van der Waals surface area contributed by atoms with E-state index in [0.717, 1.165) is 17.0 Å². The van der Waals surface area contributed by atoms with E-state index in [1.807, 2.05) is 46.9 Å². The number of amides is 1. The van der Waals surface area contributed by atoms with Gasteiger partial charge in [-0.05, 0) is 58.4 Å². The number of carbonyl (C=O) groups excluding carboxylic acids is 1. The summed E-state index contributed by atoms with van der Waals surface area (Å²) in [5.41, 5.74) is 1.76. The fourth-order valence-electron chi connectivity index (χ4n) is 1.92. The van der Waals surface area contributed by atoms with E-state index in [2.05, 4.69) is 16.7 Å². The van der Waals surface area contributed by atoms with Crippen LogP contribution in [-0.4, -0.2) is 31.3 Å². The number of carbonyl (C=O) groups is 1. The van der Waals surface area contributed by atoms with Gasteiger partial charge in [0.2, 0.25) is 0 Å². The minimum Gasteiger partial charge on any atom is -0.444 e. The predicted octanol–water partition coefficient (Wildman–Crippen LogP) is 3.30. The van der Waals surface area contributed by atoms with Crippen LogP contribution in [0.4, 0.5) is 4.79 Å². The maximum atomic E-state index is 11.7. The molecule has 0 fully saturated rings. The van der Waals surface area contributed by atoms with Crippen molar-refractivity contribution in [3.8, 4) is 0 Å². The molecular formula is C16H25ClN2O2. The Balaban J connectivity index is 2.51. The number of hydrogen-bond donors (Lipinski definition) is 2. The van der Waals surface area contributed by atoms with Gasteiger partial charge in [-0.1, -0.05) is 23.7 Å². The Morgan fingerprint density at radius 2 is 2.05 bits per heavy atom. The number of ether oxygens (including phenoxy) is 1. The van der Waals surface area contributed by atoms with E-state index in [0.29, 0.717) is 6.54 Å². The average molecular weight is 313 g/mol. The second-order valence-electron chi connectivity index (χ2n) is 6.16. The zero-order valence-electron chi connectivity index (χ0n) is 13.4. The van der Waals surface area contributed by atoms with Gasteiger partial charge in [-0.3, -0.25) is 0 Å². The highest BCUT2D eigenvalue weighted by atomic mass is 35.5. The van der Waals surface area contributed by atoms with Crippen molar-refractivity contribution >= 4 is 17.7 Å². The van der Waals surface area contributed by atoms with E-state index < -0.39 is 11.7 Å². The molecule has 2 N–H and O–H groups in total. The molecule has 0 saturated heterocycles. The first-order valence-corrected chi connectivity index (χ1v) is 7.48. The summed E-state index contributed by atoms with van der Waals surface area (Å²) in [6.07, 6.45) is 0.416. The Labute approximate surface area is 132 Å². The Kier molecular flexibility index (Phi) is 6.49. The lowest BCUT2D eigenvalue weighted by Gasteiger charge is -2.22. The summed E-state index contributed by atoms with van der Waals surface area (Å²) in [7, 11) is 1.88. The van der Waals surface area contributed by atoms with Crippen molar-refractivity contribution in [3.05, 3.63) is 34.3 Å². The second-order valence-corrected chi connectivity index (χ2v) is 6.56. The Bertz CT molecular complexity index is 484. The molecule has 1 aromatic rings. The molecule has 0 aromatic heterocycles. The standard InChI is InChI=1S/C16H25ClN2O2/c1-11-8-12(6-7-14(11)17)9-13(18-5)10-19-15(20)21-16(2,3)4/h6-8,13,18H,9-10H2,1-5H3,(H,19,20). The van der Waals surface area contributed by atoms with Gasteiger partial charge < -0.3 is 15.4 Å². The molecule has 1 unspecified atom stereocenters. The molecule has 1 amide bonds. The summed E-state index contributed by atoms with van der Waals surface area (Å²) in [5.74, 6) is 0. The van der Waals surface area contributed by atoms with Crippen LogP contribution in [0.5, 0.6) is 0 Å². The third-order valence-electron chi connectivity index (χ3n) is 3.00. The molecule has 0 heterocycles. The molecular weight excluding hydrogens is 288 g/mol. The van der Waals surface area contributed by atoms with Crippen LogP contribution in [0.15, 0.2) is 18.2 Å². The van der Waals surface area contributed by atoms with Gasteiger partial charge in [0, 0.05) is 17.6 Å². The van der Waals surface area contributed by atoms with Crippen LogP contribution in [0.25, 0.3) is 0 Å². The number of halogens is 1. The molecule has 118 valence electrons. The maximum absolute atomic E-state index is 11.7. The lowest BCUT2D eigenvalue weighted by molar-refractivity contribution is 0.0523. The van der Waals surface area contributed by atoms with Gasteiger partial charge in [0.1, 0.15) is 5.60 Å². The minimum absolute atomic E-state index is 0.137. The van der Waals surface area contributed by atoms with Crippen LogP contribution >= 0.6 is 11.6 Å². The number of benzene rings is 1. The number of likely N-dealkylation sites (N-methyl/N-ethyl adjacent to an activating group) is 1. The first kappa shape index (κ1) is 17.8. The predicted molar refractivity (Wildman–Crippen MR) is 87.0 cm³/mol. The summed E-state index contributed by atoms with van der Waals surface area (Å²) in [5, 5.41) is 6.76. The average Bonchev–Trinajstić information content (AvgIpc) is 2.36. The topological polar surface area (TPSA) is 50.4 Å². The van der Waals surface area contributed by atoms with Gasteiger partial charge in [0.25, 0.3) is 0 Å². The third-order valence-corrected chi connectivity index (χ3v) is 3.43. The molecule has 1 rings (SSSR count). The SMILES string of the molecule is CNC(CNC(=O)OC(C)(C)C)Cc1ccc(Cl)c(C)c1. The molecule has 4 nitrogen and oxygen atoms in total. The van der Waals surface area contributed by atoms with Crippen LogP contribution in [-0.2, 0) is 11.2 Å². The molecule has 1 atom stereocenters. The van der Waals surface area contributed by atoms with E-state index in [9.17, 15) is 4.79 Å². The number of nitrogens with one attached hydrogen (secondary N) is 2. The van der Waals surface area contributed by atoms with Gasteiger partial charge in [0.05, 0.1) is 0 Å².